The third kappa shape index (κ3) is 5.69. The van der Waals surface area contributed by atoms with Crippen LogP contribution in [0.2, 0.25) is 5.02 Å². The average Bonchev–Trinajstić information content (AvgIpc) is 3.41. The number of aliphatic hydroxyl groups is 2. The molecule has 0 spiro atoms. The van der Waals surface area contributed by atoms with Crippen LogP contribution in [-0.4, -0.2) is 75.6 Å². The molecule has 0 bridgehead atoms. The molecule has 36 heavy (non-hydrogen) atoms. The number of ketones is 1. The number of hydrogen-bond acceptors (Lipinski definition) is 10. The van der Waals surface area contributed by atoms with Gasteiger partial charge in [0.15, 0.2) is 0 Å². The van der Waals surface area contributed by atoms with Crippen LogP contribution < -0.4 is 10.0 Å². The molecule has 1 aromatic carbocycles. The van der Waals surface area contributed by atoms with E-state index in [4.69, 9.17) is 15.8 Å². The highest BCUT2D eigenvalue weighted by atomic mass is 35.5. The molecule has 0 unspecified atom stereocenters. The summed E-state index contributed by atoms with van der Waals surface area (Å²) in [5, 5.41) is 28.0. The fourth-order valence-electron chi connectivity index (χ4n) is 3.76. The Morgan fingerprint density at radius 2 is 2.08 bits per heavy atom. The second-order valence-corrected chi connectivity index (χ2v) is 9.95. The maximum atomic E-state index is 14.1. The fraction of sp³-hybridized carbons (Fsp3) is 0.333. The van der Waals surface area contributed by atoms with Crippen molar-refractivity contribution in [3.63, 3.8) is 0 Å². The molecular formula is C21H22ClFN6O6S. The Morgan fingerprint density at radius 3 is 2.81 bits per heavy atom. The zero-order valence-electron chi connectivity index (χ0n) is 18.7. The van der Waals surface area contributed by atoms with Crippen molar-refractivity contribution in [3.05, 3.63) is 70.6 Å². The normalized spacial score (nSPS) is 22.0. The summed E-state index contributed by atoms with van der Waals surface area (Å²) in [5.74, 6) is -1.01. The van der Waals surface area contributed by atoms with E-state index < -0.39 is 46.3 Å². The number of rotatable bonds is 9. The Kier molecular flexibility index (Phi) is 7.63. The van der Waals surface area contributed by atoms with Gasteiger partial charge < -0.3 is 15.5 Å². The molecule has 0 radical (unpaired) electrons. The minimum Gasteiger partial charge on any atom is -0.388 e. The largest absolute Gasteiger partial charge is 0.388 e. The second kappa shape index (κ2) is 10.5. The molecule has 2 aromatic heterocycles. The number of carbonyl (C=O) groups is 1. The highest BCUT2D eigenvalue weighted by molar-refractivity contribution is 7.84. The predicted octanol–water partition coefficient (Wildman–Crippen LogP) is 0.500. The van der Waals surface area contributed by atoms with Gasteiger partial charge in [-0.2, -0.15) is 18.2 Å². The Hall–Kier alpha value is -3.01. The van der Waals surface area contributed by atoms with Crippen LogP contribution in [0.5, 0.6) is 0 Å². The average molecular weight is 541 g/mol. The predicted molar refractivity (Wildman–Crippen MR) is 125 cm³/mol. The quantitative estimate of drug-likeness (QED) is 0.280. The number of hydrogen-bond donors (Lipinski definition) is 4. The standard InChI is InChI=1S/C21H22ClFN6O6S/c1-24-36(33,34)35-17-7-16(19(31)20(17)32)27-21-13(8-25-10-26-21)18(30)15-4-5-29(28-15)9-11-2-3-12(22)6-14(11)23/h2-6,8,10,16-17,19-20,24,31-32H,7,9H2,1H3,(H,25,26,27)/t16-,17-,19+,20+/m1/s1. The van der Waals surface area contributed by atoms with Gasteiger partial charge in [0.1, 0.15) is 42.0 Å². The van der Waals surface area contributed by atoms with Crippen molar-refractivity contribution in [1.82, 2.24) is 24.5 Å². The summed E-state index contributed by atoms with van der Waals surface area (Å²) in [6, 6.07) is 4.82. The molecule has 1 saturated carbocycles. The van der Waals surface area contributed by atoms with Crippen LogP contribution in [0.1, 0.15) is 28.0 Å². The van der Waals surface area contributed by atoms with Crippen LogP contribution in [-0.2, 0) is 21.0 Å². The van der Waals surface area contributed by atoms with Gasteiger partial charge in [0.25, 0.3) is 0 Å². The van der Waals surface area contributed by atoms with Crippen LogP contribution in [0.15, 0.2) is 43.0 Å². The van der Waals surface area contributed by atoms with Gasteiger partial charge in [0, 0.05) is 36.4 Å². The van der Waals surface area contributed by atoms with E-state index in [1.54, 1.807) is 6.07 Å². The van der Waals surface area contributed by atoms with E-state index in [0.717, 1.165) is 7.05 Å². The lowest BCUT2D eigenvalue weighted by Gasteiger charge is -2.19. The van der Waals surface area contributed by atoms with E-state index in [1.807, 2.05) is 4.72 Å². The smallest absolute Gasteiger partial charge is 0.335 e. The second-order valence-electron chi connectivity index (χ2n) is 8.01. The van der Waals surface area contributed by atoms with Gasteiger partial charge >= 0.3 is 10.3 Å². The summed E-state index contributed by atoms with van der Waals surface area (Å²) in [4.78, 5) is 21.1. The monoisotopic (exact) mass is 540 g/mol. The van der Waals surface area contributed by atoms with E-state index in [-0.39, 0.29) is 35.1 Å². The highest BCUT2D eigenvalue weighted by Crippen LogP contribution is 2.28. The van der Waals surface area contributed by atoms with Crippen LogP contribution in [0.4, 0.5) is 10.2 Å². The third-order valence-corrected chi connectivity index (χ3v) is 6.87. The Morgan fingerprint density at radius 1 is 1.31 bits per heavy atom. The molecular weight excluding hydrogens is 519 g/mol. The molecule has 0 saturated heterocycles. The van der Waals surface area contributed by atoms with E-state index in [1.165, 1.54) is 41.6 Å². The topological polar surface area (TPSA) is 169 Å². The molecule has 3 aromatic rings. The Labute approximate surface area is 210 Å². The number of aliphatic hydroxyl groups excluding tert-OH is 2. The first-order valence-electron chi connectivity index (χ1n) is 10.6. The molecule has 1 aliphatic carbocycles. The van der Waals surface area contributed by atoms with Crippen molar-refractivity contribution in [2.45, 2.75) is 37.3 Å². The molecule has 0 aliphatic heterocycles. The minimum atomic E-state index is -4.11. The molecule has 4 rings (SSSR count). The van der Waals surface area contributed by atoms with Crippen molar-refractivity contribution in [1.29, 1.82) is 0 Å². The molecule has 4 atom stereocenters. The minimum absolute atomic E-state index is 0.0225. The summed E-state index contributed by atoms with van der Waals surface area (Å²) in [6.45, 7) is 0.0652. The summed E-state index contributed by atoms with van der Waals surface area (Å²) in [5.41, 5.74) is 0.391. The van der Waals surface area contributed by atoms with Gasteiger partial charge in [-0.25, -0.2) is 14.4 Å². The van der Waals surface area contributed by atoms with Crippen LogP contribution >= 0.6 is 11.6 Å². The molecule has 4 N–H and O–H groups in total. The molecule has 1 fully saturated rings. The number of halogens is 2. The summed E-state index contributed by atoms with van der Waals surface area (Å²) in [7, 11) is -2.96. The summed E-state index contributed by atoms with van der Waals surface area (Å²) >= 11 is 5.78. The van der Waals surface area contributed by atoms with Crippen molar-refractivity contribution in [2.24, 2.45) is 0 Å². The molecule has 15 heteroatoms. The number of nitrogens with zero attached hydrogens (tertiary/aromatic N) is 4. The zero-order chi connectivity index (χ0) is 26.0. The summed E-state index contributed by atoms with van der Waals surface area (Å²) < 4.78 is 45.7. The number of nitrogens with one attached hydrogen (secondary N) is 2. The number of carbonyl (C=O) groups excluding carboxylic acids is 1. The van der Waals surface area contributed by atoms with E-state index in [2.05, 4.69) is 20.4 Å². The lowest BCUT2D eigenvalue weighted by atomic mass is 10.1. The number of aromatic nitrogens is 4. The van der Waals surface area contributed by atoms with E-state index in [9.17, 15) is 27.8 Å². The first-order chi connectivity index (χ1) is 17.1. The lowest BCUT2D eigenvalue weighted by molar-refractivity contribution is -0.00882. The maximum absolute atomic E-state index is 14.1. The van der Waals surface area contributed by atoms with Gasteiger partial charge in [-0.05, 0) is 18.2 Å². The highest BCUT2D eigenvalue weighted by Gasteiger charge is 2.44. The summed E-state index contributed by atoms with van der Waals surface area (Å²) in [6.07, 6.45) is -0.282. The van der Waals surface area contributed by atoms with Gasteiger partial charge in [-0.15, -0.1) is 0 Å². The van der Waals surface area contributed by atoms with Crippen molar-refractivity contribution in [3.8, 4) is 0 Å². The molecule has 2 heterocycles. The first kappa shape index (κ1) is 26.1. The van der Waals surface area contributed by atoms with Crippen LogP contribution in [0.25, 0.3) is 0 Å². The van der Waals surface area contributed by atoms with Crippen molar-refractivity contribution >= 4 is 33.5 Å². The van der Waals surface area contributed by atoms with Crippen molar-refractivity contribution in [2.75, 3.05) is 12.4 Å². The Bertz CT molecular complexity index is 1370. The van der Waals surface area contributed by atoms with Gasteiger partial charge in [-0.3, -0.25) is 13.7 Å². The van der Waals surface area contributed by atoms with Crippen LogP contribution in [0.3, 0.4) is 0 Å². The number of benzene rings is 1. The van der Waals surface area contributed by atoms with E-state index in [0.29, 0.717) is 5.56 Å². The zero-order valence-corrected chi connectivity index (χ0v) is 20.3. The van der Waals surface area contributed by atoms with Gasteiger partial charge in [0.2, 0.25) is 5.78 Å². The SMILES string of the molecule is CNS(=O)(=O)O[C@@H]1C[C@@H](Nc2ncncc2C(=O)c2ccn(Cc3ccc(Cl)cc3F)n2)[C@H](O)[C@H]1O. The lowest BCUT2D eigenvalue weighted by Crippen LogP contribution is -2.38. The maximum Gasteiger partial charge on any atom is 0.335 e. The molecule has 0 amide bonds. The van der Waals surface area contributed by atoms with E-state index >= 15 is 0 Å². The molecule has 12 nitrogen and oxygen atoms in total. The van der Waals surface area contributed by atoms with Crippen LogP contribution in [0, 0.1) is 5.82 Å². The molecule has 1 aliphatic rings. The molecule has 192 valence electrons. The van der Waals surface area contributed by atoms with Gasteiger partial charge in [-0.1, -0.05) is 17.7 Å². The van der Waals surface area contributed by atoms with Gasteiger partial charge in [0.05, 0.1) is 18.2 Å². The first-order valence-corrected chi connectivity index (χ1v) is 12.4. The number of anilines is 1. The Balaban J connectivity index is 1.50. The fourth-order valence-corrected chi connectivity index (χ4v) is 4.53. The van der Waals surface area contributed by atoms with Crippen molar-refractivity contribution < 1.29 is 32.0 Å². The third-order valence-electron chi connectivity index (χ3n) is 5.63.